The Kier molecular flexibility index (Phi) is 4.86. The van der Waals surface area contributed by atoms with E-state index in [1.807, 2.05) is 6.20 Å². The molecule has 1 fully saturated rings. The molecule has 4 heteroatoms. The lowest BCUT2D eigenvalue weighted by atomic mass is 9.84. The third-order valence-electron chi connectivity index (χ3n) is 4.20. The fourth-order valence-electron chi connectivity index (χ4n) is 3.35. The Morgan fingerprint density at radius 3 is 2.89 bits per heavy atom. The molecule has 19 heavy (non-hydrogen) atoms. The molecule has 4 nitrogen and oxygen atoms in total. The maximum atomic E-state index is 5.57. The summed E-state index contributed by atoms with van der Waals surface area (Å²) in [5.41, 5.74) is 1.30. The number of rotatable bonds is 5. The molecule has 1 unspecified atom stereocenters. The minimum absolute atomic E-state index is 0.0447. The molecule has 2 heterocycles. The molecule has 1 aromatic heterocycles. The second kappa shape index (κ2) is 6.42. The molecule has 0 aromatic carbocycles. The van der Waals surface area contributed by atoms with Gasteiger partial charge in [-0.1, -0.05) is 26.2 Å². The zero-order valence-electron chi connectivity index (χ0n) is 12.5. The van der Waals surface area contributed by atoms with E-state index in [-0.39, 0.29) is 5.54 Å². The van der Waals surface area contributed by atoms with Gasteiger partial charge in [-0.25, -0.2) is 0 Å². The molecule has 0 aliphatic carbocycles. The van der Waals surface area contributed by atoms with Gasteiger partial charge in [0.1, 0.15) is 5.69 Å². The molecule has 0 radical (unpaired) electrons. The Labute approximate surface area is 116 Å². The minimum atomic E-state index is 0.0447. The summed E-state index contributed by atoms with van der Waals surface area (Å²) in [6.07, 6.45) is 9.24. The van der Waals surface area contributed by atoms with Gasteiger partial charge in [-0.2, -0.15) is 5.10 Å². The molecular weight excluding hydrogens is 238 g/mol. The van der Waals surface area contributed by atoms with Crippen LogP contribution in [0.5, 0.6) is 5.75 Å². The second-order valence-electron chi connectivity index (χ2n) is 5.45. The van der Waals surface area contributed by atoms with Crippen molar-refractivity contribution in [1.82, 2.24) is 15.1 Å². The smallest absolute Gasteiger partial charge is 0.161 e. The van der Waals surface area contributed by atoms with Crippen molar-refractivity contribution in [3.63, 3.8) is 0 Å². The zero-order chi connectivity index (χ0) is 13.7. The number of ether oxygens (including phenoxy) is 1. The van der Waals surface area contributed by atoms with E-state index in [2.05, 4.69) is 28.9 Å². The van der Waals surface area contributed by atoms with Crippen molar-refractivity contribution in [3.8, 4) is 5.75 Å². The number of hydrogen-bond acceptors (Lipinski definition) is 3. The highest BCUT2D eigenvalue weighted by Gasteiger charge is 2.37. The van der Waals surface area contributed by atoms with E-state index in [4.69, 9.17) is 4.74 Å². The van der Waals surface area contributed by atoms with Crippen LogP contribution in [0.1, 0.15) is 58.1 Å². The molecule has 1 saturated heterocycles. The summed E-state index contributed by atoms with van der Waals surface area (Å²) in [5, 5.41) is 8.30. The third-order valence-corrected chi connectivity index (χ3v) is 4.20. The SMILES string of the molecule is CCCC1(c2c(OC)cnn2CC)CCCCCN1. The normalized spacial score (nSPS) is 24.2. The second-order valence-corrected chi connectivity index (χ2v) is 5.45. The van der Waals surface area contributed by atoms with Crippen LogP contribution in [0.25, 0.3) is 0 Å². The van der Waals surface area contributed by atoms with Crippen molar-refractivity contribution >= 4 is 0 Å². The average molecular weight is 265 g/mol. The molecule has 1 atom stereocenters. The molecule has 0 spiro atoms. The topological polar surface area (TPSA) is 39.1 Å². The number of hydrogen-bond donors (Lipinski definition) is 1. The van der Waals surface area contributed by atoms with Gasteiger partial charge in [0.25, 0.3) is 0 Å². The zero-order valence-corrected chi connectivity index (χ0v) is 12.5. The van der Waals surface area contributed by atoms with Gasteiger partial charge < -0.3 is 10.1 Å². The maximum absolute atomic E-state index is 5.57. The maximum Gasteiger partial charge on any atom is 0.161 e. The van der Waals surface area contributed by atoms with Crippen molar-refractivity contribution in [2.75, 3.05) is 13.7 Å². The van der Waals surface area contributed by atoms with E-state index in [0.717, 1.165) is 25.3 Å². The van der Waals surface area contributed by atoms with Gasteiger partial charge in [-0.15, -0.1) is 0 Å². The number of aromatic nitrogens is 2. The van der Waals surface area contributed by atoms with Gasteiger partial charge in [-0.05, 0) is 32.7 Å². The first kappa shape index (κ1) is 14.4. The highest BCUT2D eigenvalue weighted by molar-refractivity contribution is 5.33. The number of methoxy groups -OCH3 is 1. The number of nitrogens with one attached hydrogen (secondary N) is 1. The fourth-order valence-corrected chi connectivity index (χ4v) is 3.35. The lowest BCUT2D eigenvalue weighted by molar-refractivity contribution is 0.262. The van der Waals surface area contributed by atoms with Crippen LogP contribution >= 0.6 is 0 Å². The van der Waals surface area contributed by atoms with E-state index >= 15 is 0 Å². The van der Waals surface area contributed by atoms with Crippen molar-refractivity contribution in [2.24, 2.45) is 0 Å². The van der Waals surface area contributed by atoms with Crippen molar-refractivity contribution < 1.29 is 4.74 Å². The van der Waals surface area contributed by atoms with E-state index in [1.54, 1.807) is 7.11 Å². The summed E-state index contributed by atoms with van der Waals surface area (Å²) >= 11 is 0. The summed E-state index contributed by atoms with van der Waals surface area (Å²) in [6, 6.07) is 0. The molecule has 0 bridgehead atoms. The number of aryl methyl sites for hydroxylation is 1. The Bertz CT molecular complexity index is 371. The summed E-state index contributed by atoms with van der Waals surface area (Å²) in [6.45, 7) is 6.39. The van der Waals surface area contributed by atoms with E-state index in [0.29, 0.717) is 0 Å². The van der Waals surface area contributed by atoms with Gasteiger partial charge in [0.05, 0.1) is 18.8 Å². The molecule has 1 N–H and O–H groups in total. The standard InChI is InChI=1S/C15H27N3O/c1-4-9-15(10-7-6-8-11-16-15)14-13(19-3)12-17-18(14)5-2/h12,16H,4-11H2,1-3H3. The quantitative estimate of drug-likeness (QED) is 0.889. The van der Waals surface area contributed by atoms with Crippen LogP contribution in [0.2, 0.25) is 0 Å². The molecule has 1 aliphatic rings. The van der Waals surface area contributed by atoms with E-state index in [1.165, 1.54) is 37.8 Å². The minimum Gasteiger partial charge on any atom is -0.493 e. The predicted octanol–water partition coefficient (Wildman–Crippen LogP) is 3.07. The van der Waals surface area contributed by atoms with Gasteiger partial charge >= 0.3 is 0 Å². The van der Waals surface area contributed by atoms with Crippen LogP contribution in [0.4, 0.5) is 0 Å². The van der Waals surface area contributed by atoms with Gasteiger partial charge in [0, 0.05) is 6.54 Å². The largest absolute Gasteiger partial charge is 0.493 e. The first-order valence-electron chi connectivity index (χ1n) is 7.62. The average Bonchev–Trinajstić information content (AvgIpc) is 2.72. The van der Waals surface area contributed by atoms with Gasteiger partial charge in [0.15, 0.2) is 5.75 Å². The third kappa shape index (κ3) is 2.78. The molecule has 1 aromatic rings. The van der Waals surface area contributed by atoms with E-state index < -0.39 is 0 Å². The first-order valence-corrected chi connectivity index (χ1v) is 7.62. The predicted molar refractivity (Wildman–Crippen MR) is 77.5 cm³/mol. The Balaban J connectivity index is 2.44. The molecule has 2 rings (SSSR count). The van der Waals surface area contributed by atoms with Crippen LogP contribution < -0.4 is 10.1 Å². The van der Waals surface area contributed by atoms with Crippen LogP contribution in [0.3, 0.4) is 0 Å². The summed E-state index contributed by atoms with van der Waals surface area (Å²) in [5.74, 6) is 0.935. The van der Waals surface area contributed by atoms with Gasteiger partial charge in [0.2, 0.25) is 0 Å². The Morgan fingerprint density at radius 1 is 1.37 bits per heavy atom. The highest BCUT2D eigenvalue weighted by atomic mass is 16.5. The Morgan fingerprint density at radius 2 is 2.21 bits per heavy atom. The van der Waals surface area contributed by atoms with Gasteiger partial charge in [-0.3, -0.25) is 4.68 Å². The molecule has 1 aliphatic heterocycles. The monoisotopic (exact) mass is 265 g/mol. The van der Waals surface area contributed by atoms with Crippen molar-refractivity contribution in [2.45, 2.75) is 64.5 Å². The van der Waals surface area contributed by atoms with Crippen molar-refractivity contribution in [3.05, 3.63) is 11.9 Å². The van der Waals surface area contributed by atoms with Crippen molar-refractivity contribution in [1.29, 1.82) is 0 Å². The van der Waals surface area contributed by atoms with E-state index in [9.17, 15) is 0 Å². The molecular formula is C15H27N3O. The van der Waals surface area contributed by atoms with Crippen LogP contribution in [-0.2, 0) is 12.1 Å². The number of nitrogens with zero attached hydrogens (tertiary/aromatic N) is 2. The lowest BCUT2D eigenvalue weighted by Crippen LogP contribution is -2.43. The summed E-state index contributed by atoms with van der Waals surface area (Å²) in [7, 11) is 1.75. The molecule has 0 saturated carbocycles. The van der Waals surface area contributed by atoms with Crippen LogP contribution in [0, 0.1) is 0 Å². The summed E-state index contributed by atoms with van der Waals surface area (Å²) in [4.78, 5) is 0. The first-order chi connectivity index (χ1) is 9.27. The molecule has 108 valence electrons. The highest BCUT2D eigenvalue weighted by Crippen LogP contribution is 2.39. The fraction of sp³-hybridized carbons (Fsp3) is 0.800. The van der Waals surface area contributed by atoms with Crippen LogP contribution in [0.15, 0.2) is 6.20 Å². The lowest BCUT2D eigenvalue weighted by Gasteiger charge is -2.34. The molecule has 0 amide bonds. The van der Waals surface area contributed by atoms with Crippen LogP contribution in [-0.4, -0.2) is 23.4 Å². The summed E-state index contributed by atoms with van der Waals surface area (Å²) < 4.78 is 7.67. The Hall–Kier alpha value is -1.03.